The van der Waals surface area contributed by atoms with Gasteiger partial charge in [-0.25, -0.2) is 0 Å². The van der Waals surface area contributed by atoms with E-state index >= 15 is 0 Å². The lowest BCUT2D eigenvalue weighted by Gasteiger charge is -2.26. The maximum atomic E-state index is 12.4. The summed E-state index contributed by atoms with van der Waals surface area (Å²) >= 11 is 0. The first-order valence-corrected chi connectivity index (χ1v) is 6.22. The molecule has 100 valence electrons. The van der Waals surface area contributed by atoms with Crippen molar-refractivity contribution in [2.45, 2.75) is 38.3 Å². The zero-order valence-corrected chi connectivity index (χ0v) is 11.2. The second-order valence-electron chi connectivity index (χ2n) is 4.92. The first-order valence-electron chi connectivity index (χ1n) is 6.22. The Morgan fingerprint density at radius 3 is 2.94 bits per heavy atom. The minimum Gasteiger partial charge on any atom is -0.351 e. The van der Waals surface area contributed by atoms with Crippen LogP contribution in [0.3, 0.4) is 0 Å². The summed E-state index contributed by atoms with van der Waals surface area (Å²) in [5.41, 5.74) is 0.758. The molecule has 6 heteroatoms. The second-order valence-corrected chi connectivity index (χ2v) is 4.92. The van der Waals surface area contributed by atoms with Crippen LogP contribution in [0, 0.1) is 6.92 Å². The Labute approximate surface area is 112 Å². The standard InChI is InChI=1S/C12H17N3O2.ClH/c1-8-6-11(17-14-8)12(16)15-9-2-3-10(15)7-13-5-4-9;/h6,9-10,13H,2-5,7H2,1H3;1H. The molecule has 2 atom stereocenters. The normalized spacial score (nSPS) is 26.6. The van der Waals surface area contributed by atoms with Crippen LogP contribution in [0.2, 0.25) is 0 Å². The largest absolute Gasteiger partial charge is 0.351 e. The first kappa shape index (κ1) is 13.4. The Morgan fingerprint density at radius 1 is 1.44 bits per heavy atom. The van der Waals surface area contributed by atoms with Gasteiger partial charge in [0.25, 0.3) is 5.91 Å². The topological polar surface area (TPSA) is 58.4 Å². The lowest BCUT2D eigenvalue weighted by atomic mass is 10.1. The number of carbonyl (C=O) groups excluding carboxylic acids is 1. The van der Waals surface area contributed by atoms with E-state index < -0.39 is 0 Å². The number of aromatic nitrogens is 1. The summed E-state index contributed by atoms with van der Waals surface area (Å²) in [5, 5.41) is 7.17. The Kier molecular flexibility index (Phi) is 3.92. The van der Waals surface area contributed by atoms with E-state index in [2.05, 4.69) is 10.5 Å². The van der Waals surface area contributed by atoms with Crippen molar-refractivity contribution in [1.82, 2.24) is 15.4 Å². The fraction of sp³-hybridized carbons (Fsp3) is 0.667. The molecule has 1 aromatic heterocycles. The van der Waals surface area contributed by atoms with Crippen LogP contribution in [0.5, 0.6) is 0 Å². The summed E-state index contributed by atoms with van der Waals surface area (Å²) < 4.78 is 5.08. The molecule has 2 aliphatic rings. The lowest BCUT2D eigenvalue weighted by Crippen LogP contribution is -2.42. The van der Waals surface area contributed by atoms with E-state index in [4.69, 9.17) is 4.52 Å². The molecule has 0 aromatic carbocycles. The van der Waals surface area contributed by atoms with Gasteiger partial charge in [0.1, 0.15) is 0 Å². The van der Waals surface area contributed by atoms with Gasteiger partial charge in [0.15, 0.2) is 0 Å². The molecule has 0 radical (unpaired) electrons. The van der Waals surface area contributed by atoms with Gasteiger partial charge in [-0.1, -0.05) is 5.16 Å². The van der Waals surface area contributed by atoms with Crippen molar-refractivity contribution in [3.8, 4) is 0 Å². The SMILES string of the molecule is Cc1cc(C(=O)N2C3CCNCC2CC3)on1.Cl. The molecule has 2 unspecified atom stereocenters. The number of nitrogens with zero attached hydrogens (tertiary/aromatic N) is 2. The van der Waals surface area contributed by atoms with Crippen molar-refractivity contribution < 1.29 is 9.32 Å². The predicted molar refractivity (Wildman–Crippen MR) is 69.0 cm³/mol. The molecule has 0 spiro atoms. The Hall–Kier alpha value is -1.07. The van der Waals surface area contributed by atoms with E-state index in [0.29, 0.717) is 17.8 Å². The third-order valence-electron chi connectivity index (χ3n) is 3.73. The molecule has 2 aliphatic heterocycles. The summed E-state index contributed by atoms with van der Waals surface area (Å²) in [6.45, 7) is 3.73. The van der Waals surface area contributed by atoms with Crippen LogP contribution in [0.15, 0.2) is 10.6 Å². The van der Waals surface area contributed by atoms with Crippen LogP contribution in [0.4, 0.5) is 0 Å². The van der Waals surface area contributed by atoms with Gasteiger partial charge in [-0.05, 0) is 32.7 Å². The molecule has 2 fully saturated rings. The summed E-state index contributed by atoms with van der Waals surface area (Å²) in [6.07, 6.45) is 3.25. The van der Waals surface area contributed by atoms with Gasteiger partial charge in [-0.3, -0.25) is 4.79 Å². The number of carbonyl (C=O) groups is 1. The average molecular weight is 272 g/mol. The number of rotatable bonds is 1. The number of fused-ring (bicyclic) bond motifs is 2. The maximum absolute atomic E-state index is 12.4. The fourth-order valence-electron chi connectivity index (χ4n) is 2.91. The van der Waals surface area contributed by atoms with E-state index in [-0.39, 0.29) is 18.3 Å². The Balaban J connectivity index is 0.00000120. The highest BCUT2D eigenvalue weighted by Gasteiger charge is 2.39. The first-order chi connectivity index (χ1) is 8.25. The number of halogens is 1. The number of aryl methyl sites for hydroxylation is 1. The molecule has 1 N–H and O–H groups in total. The third kappa shape index (κ3) is 2.24. The highest BCUT2D eigenvalue weighted by molar-refractivity contribution is 5.92. The summed E-state index contributed by atoms with van der Waals surface area (Å²) in [7, 11) is 0. The van der Waals surface area contributed by atoms with Crippen LogP contribution < -0.4 is 5.32 Å². The second kappa shape index (κ2) is 5.28. The van der Waals surface area contributed by atoms with Gasteiger partial charge in [0.2, 0.25) is 5.76 Å². The summed E-state index contributed by atoms with van der Waals surface area (Å²) in [4.78, 5) is 14.4. The summed E-state index contributed by atoms with van der Waals surface area (Å²) in [5.74, 6) is 0.378. The van der Waals surface area contributed by atoms with Gasteiger partial charge in [0, 0.05) is 24.7 Å². The lowest BCUT2D eigenvalue weighted by molar-refractivity contribution is 0.0637. The monoisotopic (exact) mass is 271 g/mol. The molecule has 1 amide bonds. The van der Waals surface area contributed by atoms with Crippen molar-refractivity contribution >= 4 is 18.3 Å². The van der Waals surface area contributed by atoms with E-state index in [1.54, 1.807) is 6.07 Å². The van der Waals surface area contributed by atoms with Crippen molar-refractivity contribution in [3.05, 3.63) is 17.5 Å². The third-order valence-corrected chi connectivity index (χ3v) is 3.73. The van der Waals surface area contributed by atoms with Crippen LogP contribution in [0.25, 0.3) is 0 Å². The number of nitrogens with one attached hydrogen (secondary N) is 1. The van der Waals surface area contributed by atoms with Crippen LogP contribution in [-0.2, 0) is 0 Å². The fourth-order valence-corrected chi connectivity index (χ4v) is 2.91. The molecule has 5 nitrogen and oxygen atoms in total. The molecule has 18 heavy (non-hydrogen) atoms. The van der Waals surface area contributed by atoms with Gasteiger partial charge in [0.05, 0.1) is 5.69 Å². The Morgan fingerprint density at radius 2 is 2.22 bits per heavy atom. The minimum absolute atomic E-state index is 0. The maximum Gasteiger partial charge on any atom is 0.293 e. The molecule has 2 saturated heterocycles. The van der Waals surface area contributed by atoms with Crippen molar-refractivity contribution in [2.24, 2.45) is 0 Å². The highest BCUT2D eigenvalue weighted by atomic mass is 35.5. The van der Waals surface area contributed by atoms with Crippen molar-refractivity contribution in [3.63, 3.8) is 0 Å². The zero-order chi connectivity index (χ0) is 11.8. The molecule has 0 saturated carbocycles. The molecule has 3 rings (SSSR count). The number of amides is 1. The van der Waals surface area contributed by atoms with Gasteiger partial charge < -0.3 is 14.7 Å². The summed E-state index contributed by atoms with van der Waals surface area (Å²) in [6, 6.07) is 2.41. The van der Waals surface area contributed by atoms with Gasteiger partial charge >= 0.3 is 0 Å². The smallest absolute Gasteiger partial charge is 0.293 e. The van der Waals surface area contributed by atoms with Crippen LogP contribution in [0.1, 0.15) is 35.5 Å². The van der Waals surface area contributed by atoms with E-state index in [1.807, 2.05) is 11.8 Å². The molecule has 3 heterocycles. The van der Waals surface area contributed by atoms with E-state index in [9.17, 15) is 4.79 Å². The molecule has 0 aliphatic carbocycles. The zero-order valence-electron chi connectivity index (χ0n) is 10.4. The number of hydrogen-bond donors (Lipinski definition) is 1. The molecule has 2 bridgehead atoms. The molecule has 1 aromatic rings. The highest BCUT2D eigenvalue weighted by Crippen LogP contribution is 2.29. The minimum atomic E-state index is 0. The van der Waals surface area contributed by atoms with Crippen molar-refractivity contribution in [1.29, 1.82) is 0 Å². The number of hydrogen-bond acceptors (Lipinski definition) is 4. The van der Waals surface area contributed by atoms with E-state index in [1.165, 1.54) is 0 Å². The van der Waals surface area contributed by atoms with Crippen LogP contribution in [-0.4, -0.2) is 41.1 Å². The molecular formula is C12H18ClN3O2. The van der Waals surface area contributed by atoms with Gasteiger partial charge in [-0.15, -0.1) is 12.4 Å². The van der Waals surface area contributed by atoms with Gasteiger partial charge in [-0.2, -0.15) is 0 Å². The quantitative estimate of drug-likeness (QED) is 0.838. The predicted octanol–water partition coefficient (Wildman–Crippen LogP) is 1.37. The van der Waals surface area contributed by atoms with Crippen molar-refractivity contribution in [2.75, 3.05) is 13.1 Å². The molecular weight excluding hydrogens is 254 g/mol. The average Bonchev–Trinajstić information content (AvgIpc) is 2.81. The Bertz CT molecular complexity index is 421. The van der Waals surface area contributed by atoms with Crippen LogP contribution >= 0.6 is 12.4 Å². The van der Waals surface area contributed by atoms with E-state index in [0.717, 1.165) is 38.0 Å².